The van der Waals surface area contributed by atoms with Gasteiger partial charge in [-0.15, -0.1) is 0 Å². The Morgan fingerprint density at radius 1 is 1.13 bits per heavy atom. The van der Waals surface area contributed by atoms with Crippen LogP contribution in [0.4, 0.5) is 0 Å². The van der Waals surface area contributed by atoms with E-state index in [1.54, 1.807) is 32.1 Å². The van der Waals surface area contributed by atoms with E-state index in [1.807, 2.05) is 43.3 Å². The van der Waals surface area contributed by atoms with Crippen molar-refractivity contribution in [1.29, 1.82) is 0 Å². The number of carbonyl (C=O) groups is 2. The highest BCUT2D eigenvalue weighted by Gasteiger charge is 2.90. The minimum absolute atomic E-state index is 0.243. The smallest absolute Gasteiger partial charge is 0.331 e. The highest BCUT2D eigenvalue weighted by molar-refractivity contribution is 6.05. The minimum atomic E-state index is -2.40. The molecule has 0 aromatic heterocycles. The summed E-state index contributed by atoms with van der Waals surface area (Å²) in [6.45, 7) is 11.0. The molecule has 5 fully saturated rings. The predicted octanol–water partition coefficient (Wildman–Crippen LogP) is 3.55. The first kappa shape index (κ1) is 32.6. The van der Waals surface area contributed by atoms with Crippen molar-refractivity contribution in [3.63, 3.8) is 0 Å². The van der Waals surface area contributed by atoms with Crippen LogP contribution in [0.25, 0.3) is 6.08 Å². The molecule has 0 spiro atoms. The number of aliphatic hydroxyl groups excluding tert-OH is 2. The van der Waals surface area contributed by atoms with E-state index in [-0.39, 0.29) is 5.57 Å². The van der Waals surface area contributed by atoms with Crippen LogP contribution >= 0.6 is 0 Å². The van der Waals surface area contributed by atoms with Gasteiger partial charge >= 0.3 is 11.9 Å². The molecular formula is C37H44O10. The standard InChI is InChI=1S/C37H44O10/c1-6-7-8-9-13-18-34-45-31-27-30-33(20-38,44-30)32(41)35(42)25(19-22(4)28(35)40)37(27,47-34)23(5)29(36(31,46-34)21(2)3)43-26(39)17-16-24-14-11-10-12-15-24/h10-19,23,25,27,29-32,38,41-42H,2,6-9,20H2,1,3-5H3/b17-16+,18-13+/t23-,25-,27+,29-,30+,31-,32-,33+,34?,35-,36+,37?/m1/s1. The van der Waals surface area contributed by atoms with Crippen LogP contribution < -0.4 is 0 Å². The molecule has 2 saturated carbocycles. The van der Waals surface area contributed by atoms with Crippen LogP contribution in [0, 0.1) is 17.8 Å². The SMILES string of the molecule is C=C(C)[C@@]12OC3(/C=C/CCCCC)O[C@@H]1[C@@H]1[C@@H]4O[C@]4(CO)[C@@H](O)[C@]4(O)C(=O)C(C)=C[C@H]4C1(O3)[C@H](C)[C@H]2OC(=O)/C=C/c1ccccc1. The zero-order valence-electron chi connectivity index (χ0n) is 27.3. The fourth-order valence-corrected chi connectivity index (χ4v) is 9.26. The van der Waals surface area contributed by atoms with Crippen molar-refractivity contribution in [2.45, 2.75) is 106 Å². The lowest BCUT2D eigenvalue weighted by atomic mass is 9.53. The molecule has 0 radical (unpaired) electrons. The third kappa shape index (κ3) is 4.22. The number of hydrogen-bond donors (Lipinski definition) is 3. The lowest BCUT2D eigenvalue weighted by Crippen LogP contribution is -2.76. The number of fused-ring (bicyclic) bond motifs is 3. The summed E-state index contributed by atoms with van der Waals surface area (Å²) in [5, 5.41) is 34.9. The normalized spacial score (nSPS) is 45.8. The van der Waals surface area contributed by atoms with E-state index in [1.165, 1.54) is 6.08 Å². The molecule has 3 N–H and O–H groups in total. The summed E-state index contributed by atoms with van der Waals surface area (Å²) in [5.41, 5.74) is -5.46. The van der Waals surface area contributed by atoms with Gasteiger partial charge in [0.25, 0.3) is 0 Å². The van der Waals surface area contributed by atoms with Crippen molar-refractivity contribution in [1.82, 2.24) is 0 Å². The molecule has 3 saturated heterocycles. The molecule has 3 aliphatic carbocycles. The van der Waals surface area contributed by atoms with E-state index in [0.29, 0.717) is 5.57 Å². The number of carbonyl (C=O) groups excluding carboxylic acids is 2. The van der Waals surface area contributed by atoms with Crippen LogP contribution in [0.2, 0.25) is 0 Å². The Labute approximate surface area is 274 Å². The monoisotopic (exact) mass is 648 g/mol. The molecule has 1 aromatic rings. The van der Waals surface area contributed by atoms with Gasteiger partial charge in [-0.1, -0.05) is 75.8 Å². The largest absolute Gasteiger partial charge is 0.455 e. The number of epoxide rings is 1. The van der Waals surface area contributed by atoms with Gasteiger partial charge < -0.3 is 39.0 Å². The Bertz CT molecular complexity index is 1570. The maximum atomic E-state index is 13.8. The van der Waals surface area contributed by atoms with Gasteiger partial charge in [0.2, 0.25) is 0 Å². The number of esters is 1. The molecule has 10 heteroatoms. The highest BCUT2D eigenvalue weighted by Crippen LogP contribution is 2.73. The Morgan fingerprint density at radius 3 is 2.55 bits per heavy atom. The van der Waals surface area contributed by atoms with Crippen LogP contribution in [0.3, 0.4) is 0 Å². The van der Waals surface area contributed by atoms with Crippen LogP contribution in [-0.2, 0) is 33.3 Å². The lowest BCUT2D eigenvalue weighted by Gasteiger charge is -2.61. The Morgan fingerprint density at radius 2 is 1.87 bits per heavy atom. The Balaban J connectivity index is 1.40. The second kappa shape index (κ2) is 11.0. The fraction of sp³-hybridized carbons (Fsp3) is 0.568. The summed E-state index contributed by atoms with van der Waals surface area (Å²) >= 11 is 0. The van der Waals surface area contributed by atoms with E-state index < -0.39 is 88.9 Å². The van der Waals surface area contributed by atoms with Gasteiger partial charge in [0.15, 0.2) is 17.0 Å². The molecule has 7 rings (SSSR count). The summed E-state index contributed by atoms with van der Waals surface area (Å²) in [4.78, 5) is 27.4. The minimum Gasteiger partial charge on any atom is -0.455 e. The summed E-state index contributed by atoms with van der Waals surface area (Å²) < 4.78 is 33.1. The molecule has 3 heterocycles. The molecule has 12 atom stereocenters. The number of ketones is 1. The first-order valence-electron chi connectivity index (χ1n) is 16.7. The topological polar surface area (TPSA) is 144 Å². The van der Waals surface area contributed by atoms with E-state index in [9.17, 15) is 24.9 Å². The molecule has 0 amide bonds. The first-order chi connectivity index (χ1) is 22.4. The third-order valence-corrected chi connectivity index (χ3v) is 11.5. The summed E-state index contributed by atoms with van der Waals surface area (Å²) in [6, 6.07) is 9.34. The Hall–Kier alpha value is -2.96. The van der Waals surface area contributed by atoms with Gasteiger partial charge in [-0.05, 0) is 49.5 Å². The number of hydrogen-bond acceptors (Lipinski definition) is 10. The van der Waals surface area contributed by atoms with Crippen LogP contribution in [0.5, 0.6) is 0 Å². The van der Waals surface area contributed by atoms with Crippen molar-refractivity contribution >= 4 is 17.8 Å². The van der Waals surface area contributed by atoms with E-state index in [0.717, 1.165) is 31.2 Å². The van der Waals surface area contributed by atoms with Gasteiger partial charge in [-0.25, -0.2) is 4.79 Å². The van der Waals surface area contributed by atoms with Crippen molar-refractivity contribution in [3.05, 3.63) is 77.9 Å². The number of benzene rings is 1. The van der Waals surface area contributed by atoms with Crippen LogP contribution in [0.1, 0.15) is 58.9 Å². The summed E-state index contributed by atoms with van der Waals surface area (Å²) in [6.07, 6.45) is 7.40. The average Bonchev–Trinajstić information content (AvgIpc) is 3.68. The highest BCUT2D eigenvalue weighted by atomic mass is 16.9. The van der Waals surface area contributed by atoms with Gasteiger partial charge in [-0.3, -0.25) is 4.79 Å². The van der Waals surface area contributed by atoms with Gasteiger partial charge in [-0.2, -0.15) is 0 Å². The summed E-state index contributed by atoms with van der Waals surface area (Å²) in [5.74, 6) is -5.76. The molecule has 6 aliphatic rings. The second-order valence-electron chi connectivity index (χ2n) is 14.1. The zero-order chi connectivity index (χ0) is 33.6. The molecule has 47 heavy (non-hydrogen) atoms. The van der Waals surface area contributed by atoms with E-state index in [4.69, 9.17) is 23.7 Å². The molecule has 10 nitrogen and oxygen atoms in total. The predicted molar refractivity (Wildman–Crippen MR) is 169 cm³/mol. The number of Topliss-reactive ketones (excluding diaryl/α,β-unsaturated/α-hetero) is 1. The maximum Gasteiger partial charge on any atom is 0.331 e. The van der Waals surface area contributed by atoms with Crippen molar-refractivity contribution in [2.24, 2.45) is 17.8 Å². The molecule has 3 bridgehead atoms. The van der Waals surface area contributed by atoms with Crippen molar-refractivity contribution in [2.75, 3.05) is 6.61 Å². The zero-order valence-corrected chi connectivity index (χ0v) is 27.3. The van der Waals surface area contributed by atoms with Crippen molar-refractivity contribution in [3.8, 4) is 0 Å². The van der Waals surface area contributed by atoms with Gasteiger partial charge in [0.05, 0.1) is 12.2 Å². The lowest BCUT2D eigenvalue weighted by molar-refractivity contribution is -0.407. The number of allylic oxidation sites excluding steroid dienone is 1. The average molecular weight is 649 g/mol. The van der Waals surface area contributed by atoms with E-state index >= 15 is 0 Å². The molecule has 2 unspecified atom stereocenters. The molecule has 1 aromatic carbocycles. The third-order valence-electron chi connectivity index (χ3n) is 11.5. The Kier molecular flexibility index (Phi) is 7.65. The second-order valence-corrected chi connectivity index (χ2v) is 14.1. The molecule has 252 valence electrons. The fourth-order valence-electron chi connectivity index (χ4n) is 9.26. The number of aliphatic hydroxyl groups is 3. The number of unbranched alkanes of at least 4 members (excludes halogenated alkanes) is 3. The summed E-state index contributed by atoms with van der Waals surface area (Å²) in [7, 11) is 0. The van der Waals surface area contributed by atoms with Gasteiger partial charge in [0.1, 0.15) is 30.0 Å². The molecule has 3 aliphatic heterocycles. The van der Waals surface area contributed by atoms with Crippen LogP contribution in [0.15, 0.2) is 72.4 Å². The molecular weight excluding hydrogens is 604 g/mol. The number of ether oxygens (including phenoxy) is 5. The first-order valence-corrected chi connectivity index (χ1v) is 16.7. The number of rotatable bonds is 10. The maximum absolute atomic E-state index is 13.8. The van der Waals surface area contributed by atoms with Gasteiger partial charge in [0, 0.05) is 29.9 Å². The quantitative estimate of drug-likeness (QED) is 0.113. The van der Waals surface area contributed by atoms with Crippen LogP contribution in [-0.4, -0.2) is 86.5 Å². The van der Waals surface area contributed by atoms with Crippen molar-refractivity contribution < 1.29 is 48.6 Å². The van der Waals surface area contributed by atoms with E-state index in [2.05, 4.69) is 13.5 Å².